The maximum Gasteiger partial charge on any atom is 0.303 e. The van der Waals surface area contributed by atoms with Crippen LogP contribution in [0.5, 0.6) is 5.75 Å². The summed E-state index contributed by atoms with van der Waals surface area (Å²) in [4.78, 5) is 11.2. The molecule has 0 saturated carbocycles. The van der Waals surface area contributed by atoms with Crippen LogP contribution in [0.15, 0.2) is 17.2 Å². The van der Waals surface area contributed by atoms with Crippen molar-refractivity contribution in [3.8, 4) is 5.75 Å². The molecule has 0 aromatic heterocycles. The molecule has 9 heteroatoms. The first kappa shape index (κ1) is 17.2. The van der Waals surface area contributed by atoms with Crippen LogP contribution in [-0.4, -0.2) is 35.9 Å². The molecule has 2 rings (SSSR count). The molecule has 1 aliphatic heterocycles. The van der Waals surface area contributed by atoms with Crippen molar-refractivity contribution in [2.45, 2.75) is 19.3 Å². The molecular weight excluding hydrogens is 320 g/mol. The van der Waals surface area contributed by atoms with Crippen molar-refractivity contribution in [3.05, 3.63) is 29.3 Å². The Morgan fingerprint density at radius 1 is 1.39 bits per heavy atom. The Hall–Kier alpha value is -2.16. The van der Waals surface area contributed by atoms with E-state index in [2.05, 4.69) is 15.3 Å². The topological polar surface area (TPSA) is 70.9 Å². The SMILES string of the molecule is CC1CC(=O)NN=C1c1ccc(OCC(F)(F)CO)c(F)c1F. The first-order valence-corrected chi connectivity index (χ1v) is 6.71. The van der Waals surface area contributed by atoms with Gasteiger partial charge in [-0.2, -0.15) is 9.49 Å². The number of carbonyl (C=O) groups is 1. The summed E-state index contributed by atoms with van der Waals surface area (Å²) in [5, 5.41) is 12.1. The van der Waals surface area contributed by atoms with Gasteiger partial charge in [0.2, 0.25) is 11.7 Å². The molecule has 23 heavy (non-hydrogen) atoms. The number of hydrogen-bond acceptors (Lipinski definition) is 4. The highest BCUT2D eigenvalue weighted by Crippen LogP contribution is 2.27. The van der Waals surface area contributed by atoms with Crippen LogP contribution < -0.4 is 10.2 Å². The number of amides is 1. The largest absolute Gasteiger partial charge is 0.484 e. The van der Waals surface area contributed by atoms with Crippen molar-refractivity contribution in [3.63, 3.8) is 0 Å². The lowest BCUT2D eigenvalue weighted by Gasteiger charge is -2.20. The maximum absolute atomic E-state index is 14.1. The second-order valence-corrected chi connectivity index (χ2v) is 5.18. The highest BCUT2D eigenvalue weighted by molar-refractivity contribution is 6.05. The Morgan fingerprint density at radius 2 is 2.09 bits per heavy atom. The van der Waals surface area contributed by atoms with E-state index >= 15 is 0 Å². The van der Waals surface area contributed by atoms with Gasteiger partial charge in [-0.25, -0.2) is 18.6 Å². The summed E-state index contributed by atoms with van der Waals surface area (Å²) in [7, 11) is 0. The van der Waals surface area contributed by atoms with Gasteiger partial charge in [-0.15, -0.1) is 0 Å². The fourth-order valence-corrected chi connectivity index (χ4v) is 2.05. The minimum absolute atomic E-state index is 0.0703. The second-order valence-electron chi connectivity index (χ2n) is 5.18. The number of hydrazone groups is 1. The molecule has 1 aliphatic rings. The van der Waals surface area contributed by atoms with Gasteiger partial charge in [0.05, 0.1) is 5.71 Å². The monoisotopic (exact) mass is 334 g/mol. The molecule has 0 aliphatic carbocycles. The number of hydrogen-bond donors (Lipinski definition) is 2. The number of halogens is 4. The van der Waals surface area contributed by atoms with Gasteiger partial charge in [0, 0.05) is 17.9 Å². The third-order valence-electron chi connectivity index (χ3n) is 3.25. The molecule has 0 fully saturated rings. The van der Waals surface area contributed by atoms with Gasteiger partial charge in [0.1, 0.15) is 6.61 Å². The zero-order valence-corrected chi connectivity index (χ0v) is 12.1. The van der Waals surface area contributed by atoms with E-state index in [-0.39, 0.29) is 23.6 Å². The number of rotatable bonds is 5. The number of aliphatic hydroxyl groups is 1. The molecule has 1 heterocycles. The molecule has 0 saturated heterocycles. The van der Waals surface area contributed by atoms with E-state index in [9.17, 15) is 22.4 Å². The smallest absolute Gasteiger partial charge is 0.303 e. The zero-order valence-electron chi connectivity index (χ0n) is 12.1. The summed E-state index contributed by atoms with van der Waals surface area (Å²) in [6.07, 6.45) is 0.0703. The van der Waals surface area contributed by atoms with Crippen molar-refractivity contribution in [1.29, 1.82) is 0 Å². The van der Waals surface area contributed by atoms with Crippen LogP contribution in [0.25, 0.3) is 0 Å². The number of ether oxygens (including phenoxy) is 1. The highest BCUT2D eigenvalue weighted by atomic mass is 19.3. The van der Waals surface area contributed by atoms with Crippen LogP contribution in [0.3, 0.4) is 0 Å². The maximum atomic E-state index is 14.1. The van der Waals surface area contributed by atoms with Crippen LogP contribution in [0.1, 0.15) is 18.9 Å². The Morgan fingerprint density at radius 3 is 2.70 bits per heavy atom. The van der Waals surface area contributed by atoms with Crippen LogP contribution in [0, 0.1) is 17.6 Å². The fourth-order valence-electron chi connectivity index (χ4n) is 2.05. The third-order valence-corrected chi connectivity index (χ3v) is 3.25. The Bertz CT molecular complexity index is 649. The number of alkyl halides is 2. The van der Waals surface area contributed by atoms with Crippen molar-refractivity contribution < 1.29 is 32.2 Å². The third kappa shape index (κ3) is 3.79. The van der Waals surface area contributed by atoms with E-state index in [4.69, 9.17) is 5.11 Å². The summed E-state index contributed by atoms with van der Waals surface area (Å²) < 4.78 is 58.4. The lowest BCUT2D eigenvalue weighted by atomic mass is 9.93. The minimum Gasteiger partial charge on any atom is -0.484 e. The van der Waals surface area contributed by atoms with E-state index in [1.165, 1.54) is 0 Å². The Labute approximate surface area is 128 Å². The van der Waals surface area contributed by atoms with Crippen molar-refractivity contribution in [1.82, 2.24) is 5.43 Å². The van der Waals surface area contributed by atoms with Crippen LogP contribution in [-0.2, 0) is 4.79 Å². The second kappa shape index (κ2) is 6.53. The molecule has 1 aromatic carbocycles. The molecule has 1 amide bonds. The number of nitrogens with one attached hydrogen (secondary N) is 1. The summed E-state index contributed by atoms with van der Waals surface area (Å²) in [6.45, 7) is -1.13. The molecule has 0 radical (unpaired) electrons. The van der Waals surface area contributed by atoms with Gasteiger partial charge in [-0.3, -0.25) is 4.79 Å². The quantitative estimate of drug-likeness (QED) is 0.807. The standard InChI is InChI=1S/C14H14F4N2O3/c1-7-4-10(22)19-20-13(7)8-2-3-9(12(16)11(8)15)23-6-14(17,18)5-21/h2-3,7,21H,4-6H2,1H3,(H,19,22). The van der Waals surface area contributed by atoms with Crippen LogP contribution in [0.4, 0.5) is 17.6 Å². The van der Waals surface area contributed by atoms with Gasteiger partial charge in [-0.1, -0.05) is 6.92 Å². The summed E-state index contributed by atoms with van der Waals surface area (Å²) in [5.74, 6) is -7.78. The van der Waals surface area contributed by atoms with E-state index < -0.39 is 42.4 Å². The number of benzene rings is 1. The predicted molar refractivity (Wildman–Crippen MR) is 72.3 cm³/mol. The van der Waals surface area contributed by atoms with Crippen LogP contribution >= 0.6 is 0 Å². The first-order chi connectivity index (χ1) is 10.7. The first-order valence-electron chi connectivity index (χ1n) is 6.71. The van der Waals surface area contributed by atoms with Crippen molar-refractivity contribution in [2.75, 3.05) is 13.2 Å². The van der Waals surface area contributed by atoms with Crippen molar-refractivity contribution in [2.24, 2.45) is 11.0 Å². The molecule has 5 nitrogen and oxygen atoms in total. The van der Waals surface area contributed by atoms with E-state index in [1.54, 1.807) is 6.92 Å². The van der Waals surface area contributed by atoms with E-state index in [0.29, 0.717) is 0 Å². The minimum atomic E-state index is -3.56. The summed E-state index contributed by atoms with van der Waals surface area (Å²) in [6, 6.07) is 2.13. The summed E-state index contributed by atoms with van der Waals surface area (Å²) >= 11 is 0. The van der Waals surface area contributed by atoms with Crippen LogP contribution in [0.2, 0.25) is 0 Å². The number of nitrogens with zero attached hydrogens (tertiary/aromatic N) is 1. The lowest BCUT2D eigenvalue weighted by Crippen LogP contribution is -2.32. The molecule has 0 bridgehead atoms. The molecule has 2 N–H and O–H groups in total. The van der Waals surface area contributed by atoms with E-state index in [0.717, 1.165) is 12.1 Å². The number of aliphatic hydroxyl groups excluding tert-OH is 1. The van der Waals surface area contributed by atoms with Gasteiger partial charge in [-0.05, 0) is 12.1 Å². The molecule has 0 spiro atoms. The average Bonchev–Trinajstić information content (AvgIpc) is 2.50. The average molecular weight is 334 g/mol. The predicted octanol–water partition coefficient (Wildman–Crippen LogP) is 1.83. The van der Waals surface area contributed by atoms with E-state index in [1.807, 2.05) is 0 Å². The zero-order chi connectivity index (χ0) is 17.2. The van der Waals surface area contributed by atoms with Gasteiger partial charge >= 0.3 is 5.92 Å². The molecule has 1 atom stereocenters. The van der Waals surface area contributed by atoms with Crippen molar-refractivity contribution >= 4 is 11.6 Å². The summed E-state index contributed by atoms with van der Waals surface area (Å²) in [5.41, 5.74) is 2.14. The molecule has 1 unspecified atom stereocenters. The van der Waals surface area contributed by atoms with Gasteiger partial charge in [0.25, 0.3) is 0 Å². The van der Waals surface area contributed by atoms with Gasteiger partial charge < -0.3 is 9.84 Å². The normalized spacial score (nSPS) is 18.4. The Balaban J connectivity index is 2.26. The highest BCUT2D eigenvalue weighted by Gasteiger charge is 2.31. The number of carbonyl (C=O) groups excluding carboxylic acids is 1. The molecular formula is C14H14F4N2O3. The molecule has 126 valence electrons. The fraction of sp³-hybridized carbons (Fsp3) is 0.429. The molecule has 1 aromatic rings. The van der Waals surface area contributed by atoms with Gasteiger partial charge in [0.15, 0.2) is 18.2 Å². The Kier molecular flexibility index (Phi) is 4.88. The lowest BCUT2D eigenvalue weighted by molar-refractivity contribution is -0.121.